The summed E-state index contributed by atoms with van der Waals surface area (Å²) in [5.74, 6) is 0.0411. The third-order valence-electron chi connectivity index (χ3n) is 4.59. The van der Waals surface area contributed by atoms with E-state index in [2.05, 4.69) is 26.1 Å². The molecule has 114 valence electrons. The van der Waals surface area contributed by atoms with E-state index in [0.29, 0.717) is 11.8 Å². The zero-order valence-electron chi connectivity index (χ0n) is 12.7. The van der Waals surface area contributed by atoms with Crippen LogP contribution in [0.25, 0.3) is 0 Å². The monoisotopic (exact) mass is 282 g/mol. The van der Waals surface area contributed by atoms with Gasteiger partial charge in [-0.25, -0.2) is 4.79 Å². The van der Waals surface area contributed by atoms with E-state index in [-0.39, 0.29) is 23.9 Å². The van der Waals surface area contributed by atoms with Gasteiger partial charge in [-0.3, -0.25) is 4.79 Å². The molecule has 2 rings (SSSR count). The Hall–Kier alpha value is -1.26. The Morgan fingerprint density at radius 1 is 1.30 bits per heavy atom. The Morgan fingerprint density at radius 3 is 2.40 bits per heavy atom. The molecule has 0 aromatic rings. The molecule has 2 atom stereocenters. The highest BCUT2D eigenvalue weighted by Crippen LogP contribution is 2.35. The average molecular weight is 282 g/mol. The Bertz CT molecular complexity index is 385. The van der Waals surface area contributed by atoms with Crippen molar-refractivity contribution in [3.63, 3.8) is 0 Å². The van der Waals surface area contributed by atoms with Crippen LogP contribution in [0.2, 0.25) is 0 Å². The van der Waals surface area contributed by atoms with E-state index in [9.17, 15) is 9.59 Å². The smallest absolute Gasteiger partial charge is 0.317 e. The lowest BCUT2D eigenvalue weighted by atomic mass is 9.80. The second-order valence-corrected chi connectivity index (χ2v) is 7.29. The number of amides is 2. The Morgan fingerprint density at radius 2 is 1.95 bits per heavy atom. The van der Waals surface area contributed by atoms with E-state index >= 15 is 0 Å². The minimum absolute atomic E-state index is 0.0347. The number of hydrogen-bond donors (Lipinski definition) is 2. The first kappa shape index (κ1) is 15.1. The van der Waals surface area contributed by atoms with Crippen LogP contribution in [0.5, 0.6) is 0 Å². The van der Waals surface area contributed by atoms with Crippen molar-refractivity contribution in [3.8, 4) is 0 Å². The zero-order valence-corrected chi connectivity index (χ0v) is 12.7. The van der Waals surface area contributed by atoms with E-state index in [0.717, 1.165) is 32.4 Å². The quantitative estimate of drug-likeness (QED) is 0.831. The van der Waals surface area contributed by atoms with E-state index in [4.69, 9.17) is 5.11 Å². The summed E-state index contributed by atoms with van der Waals surface area (Å²) in [7, 11) is 0. The molecule has 1 saturated heterocycles. The predicted octanol–water partition coefficient (Wildman–Crippen LogP) is 2.32. The van der Waals surface area contributed by atoms with Gasteiger partial charge in [0.1, 0.15) is 0 Å². The lowest BCUT2D eigenvalue weighted by Crippen LogP contribution is -2.46. The lowest BCUT2D eigenvalue weighted by molar-refractivity contribution is -0.137. The molecule has 5 nitrogen and oxygen atoms in total. The fourth-order valence-electron chi connectivity index (χ4n) is 2.92. The van der Waals surface area contributed by atoms with Crippen molar-refractivity contribution >= 4 is 12.0 Å². The highest BCUT2D eigenvalue weighted by atomic mass is 16.4. The number of carboxylic acid groups (broad SMARTS) is 1. The Labute approximate surface area is 120 Å². The summed E-state index contributed by atoms with van der Waals surface area (Å²) in [5.41, 5.74) is 0.214. The summed E-state index contributed by atoms with van der Waals surface area (Å²) < 4.78 is 0. The predicted molar refractivity (Wildman–Crippen MR) is 76.4 cm³/mol. The largest absolute Gasteiger partial charge is 0.481 e. The van der Waals surface area contributed by atoms with Crippen molar-refractivity contribution in [2.45, 2.75) is 52.5 Å². The molecule has 0 bridgehead atoms. The van der Waals surface area contributed by atoms with Crippen molar-refractivity contribution in [2.75, 3.05) is 13.1 Å². The minimum atomic E-state index is -0.837. The van der Waals surface area contributed by atoms with E-state index in [1.54, 1.807) is 0 Å². The fourth-order valence-corrected chi connectivity index (χ4v) is 2.92. The fraction of sp³-hybridized carbons (Fsp3) is 0.867. The molecule has 2 unspecified atom stereocenters. The van der Waals surface area contributed by atoms with E-state index in [1.165, 1.54) is 0 Å². The topological polar surface area (TPSA) is 69.6 Å². The summed E-state index contributed by atoms with van der Waals surface area (Å²) in [6.45, 7) is 8.17. The van der Waals surface area contributed by atoms with Crippen molar-refractivity contribution in [2.24, 2.45) is 17.3 Å². The molecule has 2 amide bonds. The first-order chi connectivity index (χ1) is 9.27. The SMILES string of the molecule is CC(C)(C)C1CCN(C(=O)NC(CC(=O)O)C2CC2)C1. The molecule has 2 N–H and O–H groups in total. The van der Waals surface area contributed by atoms with Crippen LogP contribution in [0.4, 0.5) is 4.79 Å². The van der Waals surface area contributed by atoms with Crippen molar-refractivity contribution in [1.82, 2.24) is 10.2 Å². The van der Waals surface area contributed by atoms with Gasteiger partial charge >= 0.3 is 12.0 Å². The maximum Gasteiger partial charge on any atom is 0.317 e. The molecule has 0 radical (unpaired) electrons. The maximum atomic E-state index is 12.3. The van der Waals surface area contributed by atoms with Crippen molar-refractivity contribution in [1.29, 1.82) is 0 Å². The molecule has 1 saturated carbocycles. The molecule has 5 heteroatoms. The molecule has 1 heterocycles. The van der Waals surface area contributed by atoms with Gasteiger partial charge in [0.05, 0.1) is 6.42 Å². The lowest BCUT2D eigenvalue weighted by Gasteiger charge is -2.27. The maximum absolute atomic E-state index is 12.3. The van der Waals surface area contributed by atoms with Gasteiger partial charge in [-0.15, -0.1) is 0 Å². The molecule has 2 aliphatic rings. The average Bonchev–Trinajstić information content (AvgIpc) is 3.02. The standard InChI is InChI=1S/C15H26N2O3/c1-15(2,3)11-6-7-17(9-11)14(20)16-12(8-13(18)19)10-4-5-10/h10-12H,4-9H2,1-3H3,(H,16,20)(H,18,19). The number of carbonyl (C=O) groups excluding carboxylic acids is 1. The number of likely N-dealkylation sites (tertiary alicyclic amines) is 1. The third-order valence-corrected chi connectivity index (χ3v) is 4.59. The summed E-state index contributed by atoms with van der Waals surface area (Å²) in [5, 5.41) is 11.9. The van der Waals surface area contributed by atoms with Crippen LogP contribution < -0.4 is 5.32 Å². The summed E-state index contributed by atoms with van der Waals surface area (Å²) in [6.07, 6.45) is 3.13. The number of urea groups is 1. The van der Waals surface area contributed by atoms with Gasteiger partial charge in [0.25, 0.3) is 0 Å². The van der Waals surface area contributed by atoms with Crippen LogP contribution in [-0.4, -0.2) is 41.1 Å². The third kappa shape index (κ3) is 3.87. The van der Waals surface area contributed by atoms with E-state index < -0.39 is 5.97 Å². The van der Waals surface area contributed by atoms with Gasteiger partial charge in [-0.2, -0.15) is 0 Å². The normalized spacial score (nSPS) is 24.6. The first-order valence-electron chi connectivity index (χ1n) is 7.54. The van der Waals surface area contributed by atoms with Gasteiger partial charge in [-0.1, -0.05) is 20.8 Å². The number of carbonyl (C=O) groups is 2. The number of rotatable bonds is 4. The number of nitrogens with zero attached hydrogens (tertiary/aromatic N) is 1. The molecular formula is C15H26N2O3. The van der Waals surface area contributed by atoms with Gasteiger partial charge < -0.3 is 15.3 Å². The molecule has 1 aliphatic heterocycles. The zero-order chi connectivity index (χ0) is 14.9. The van der Waals surface area contributed by atoms with Crippen molar-refractivity contribution in [3.05, 3.63) is 0 Å². The van der Waals surface area contributed by atoms with Gasteiger partial charge in [0.2, 0.25) is 0 Å². The van der Waals surface area contributed by atoms with Crippen LogP contribution in [0, 0.1) is 17.3 Å². The summed E-state index contributed by atoms with van der Waals surface area (Å²) in [6, 6.07) is -0.288. The van der Waals surface area contributed by atoms with Crippen LogP contribution in [0.1, 0.15) is 46.5 Å². The van der Waals surface area contributed by atoms with Crippen molar-refractivity contribution < 1.29 is 14.7 Å². The number of aliphatic carboxylic acids is 1. The highest BCUT2D eigenvalue weighted by Gasteiger charge is 2.37. The molecule has 20 heavy (non-hydrogen) atoms. The van der Waals surface area contributed by atoms with Crippen LogP contribution in [0.15, 0.2) is 0 Å². The molecule has 0 aromatic heterocycles. The Kier molecular flexibility index (Phi) is 4.25. The molecular weight excluding hydrogens is 256 g/mol. The number of carboxylic acids is 1. The molecule has 0 aromatic carbocycles. The summed E-state index contributed by atoms with van der Waals surface area (Å²) in [4.78, 5) is 25.0. The van der Waals surface area contributed by atoms with Gasteiger partial charge in [-0.05, 0) is 36.5 Å². The van der Waals surface area contributed by atoms with Crippen LogP contribution in [0.3, 0.4) is 0 Å². The molecule has 0 spiro atoms. The Balaban J connectivity index is 1.87. The molecule has 1 aliphatic carbocycles. The number of nitrogens with one attached hydrogen (secondary N) is 1. The second-order valence-electron chi connectivity index (χ2n) is 7.29. The van der Waals surface area contributed by atoms with E-state index in [1.807, 2.05) is 4.90 Å². The van der Waals surface area contributed by atoms with Gasteiger partial charge in [0, 0.05) is 19.1 Å². The minimum Gasteiger partial charge on any atom is -0.481 e. The first-order valence-corrected chi connectivity index (χ1v) is 7.54. The number of hydrogen-bond acceptors (Lipinski definition) is 2. The second kappa shape index (κ2) is 5.62. The molecule has 2 fully saturated rings. The highest BCUT2D eigenvalue weighted by molar-refractivity contribution is 5.76. The summed E-state index contributed by atoms with van der Waals surface area (Å²) >= 11 is 0. The van der Waals surface area contributed by atoms with Crippen LogP contribution in [-0.2, 0) is 4.79 Å². The van der Waals surface area contributed by atoms with Gasteiger partial charge in [0.15, 0.2) is 0 Å². The van der Waals surface area contributed by atoms with Crippen LogP contribution >= 0.6 is 0 Å².